The average Bonchev–Trinajstić information content (AvgIpc) is 3.04. The van der Waals surface area contributed by atoms with Crippen LogP contribution in [0.5, 0.6) is 5.75 Å². The molecule has 5 rings (SSSR count). The van der Waals surface area contributed by atoms with Gasteiger partial charge >= 0.3 is 6.03 Å². The number of carbonyl (C=O) groups excluding carboxylic acids is 1. The lowest BCUT2D eigenvalue weighted by Gasteiger charge is -2.28. The predicted molar refractivity (Wildman–Crippen MR) is 182 cm³/mol. The third-order valence-electron chi connectivity index (χ3n) is 7.89. The van der Waals surface area contributed by atoms with Crippen LogP contribution in [0.1, 0.15) is 76.0 Å². The van der Waals surface area contributed by atoms with Crippen molar-refractivity contribution in [1.29, 1.82) is 0 Å². The molecule has 0 fully saturated rings. The molecular weight excluding hydrogens is 562 g/mol. The highest BCUT2D eigenvalue weighted by molar-refractivity contribution is 6.09. The Hall–Kier alpha value is -4.98. The molecule has 8 heteroatoms. The van der Waals surface area contributed by atoms with Crippen LogP contribution < -0.4 is 20.5 Å². The smallest absolute Gasteiger partial charge is 0.326 e. The highest BCUT2D eigenvalue weighted by atomic mass is 16.5. The SMILES string of the molecule is CCCCN(C(=O)Nc1c(C(C)C)cccc1C(C)C)c1c(-c2cccc(OCc3ccncc3)c2)c2cccnc2[nH]c1=O. The fourth-order valence-corrected chi connectivity index (χ4v) is 5.55. The van der Waals surface area contributed by atoms with Crippen molar-refractivity contribution >= 4 is 28.4 Å². The van der Waals surface area contributed by atoms with Gasteiger partial charge in [0.1, 0.15) is 23.7 Å². The number of nitrogens with one attached hydrogen (secondary N) is 2. The van der Waals surface area contributed by atoms with E-state index in [2.05, 4.69) is 67.0 Å². The van der Waals surface area contributed by atoms with Crippen LogP contribution in [0.15, 0.2) is 90.1 Å². The third-order valence-corrected chi connectivity index (χ3v) is 7.89. The van der Waals surface area contributed by atoms with E-state index in [0.717, 1.165) is 46.2 Å². The Morgan fingerprint density at radius 3 is 2.33 bits per heavy atom. The zero-order valence-corrected chi connectivity index (χ0v) is 26.6. The molecule has 232 valence electrons. The van der Waals surface area contributed by atoms with Crippen molar-refractivity contribution in [3.63, 3.8) is 0 Å². The van der Waals surface area contributed by atoms with Gasteiger partial charge in [-0.05, 0) is 76.9 Å². The maximum Gasteiger partial charge on any atom is 0.326 e. The molecule has 2 N–H and O–H groups in total. The number of nitrogens with zero attached hydrogens (tertiary/aromatic N) is 3. The third kappa shape index (κ3) is 7.06. The van der Waals surface area contributed by atoms with E-state index >= 15 is 0 Å². The number of pyridine rings is 3. The maximum absolute atomic E-state index is 14.4. The molecule has 3 aromatic heterocycles. The van der Waals surface area contributed by atoms with Crippen molar-refractivity contribution in [1.82, 2.24) is 15.0 Å². The van der Waals surface area contributed by atoms with Gasteiger partial charge in [0.05, 0.1) is 0 Å². The first kappa shape index (κ1) is 31.4. The lowest BCUT2D eigenvalue weighted by Crippen LogP contribution is -2.40. The van der Waals surface area contributed by atoms with Crippen molar-refractivity contribution in [3.8, 4) is 16.9 Å². The summed E-state index contributed by atoms with van der Waals surface area (Å²) in [6.07, 6.45) is 6.68. The number of benzene rings is 2. The number of anilines is 2. The van der Waals surface area contributed by atoms with Crippen molar-refractivity contribution in [3.05, 3.63) is 112 Å². The molecular formula is C37H41N5O3. The monoisotopic (exact) mass is 603 g/mol. The number of amides is 2. The summed E-state index contributed by atoms with van der Waals surface area (Å²) in [5.74, 6) is 1.04. The summed E-state index contributed by atoms with van der Waals surface area (Å²) in [6.45, 7) is 11.3. The summed E-state index contributed by atoms with van der Waals surface area (Å²) in [5, 5.41) is 3.98. The number of para-hydroxylation sites is 1. The summed E-state index contributed by atoms with van der Waals surface area (Å²) in [7, 11) is 0. The first-order valence-electron chi connectivity index (χ1n) is 15.6. The van der Waals surface area contributed by atoms with E-state index in [1.807, 2.05) is 54.6 Å². The van der Waals surface area contributed by atoms with Gasteiger partial charge in [-0.25, -0.2) is 9.78 Å². The van der Waals surface area contributed by atoms with Gasteiger partial charge in [0.15, 0.2) is 0 Å². The second kappa shape index (κ2) is 14.2. The van der Waals surface area contributed by atoms with Gasteiger partial charge in [-0.2, -0.15) is 0 Å². The number of unbranched alkanes of at least 4 members (excludes halogenated alkanes) is 1. The number of fused-ring (bicyclic) bond motifs is 1. The lowest BCUT2D eigenvalue weighted by atomic mass is 9.92. The highest BCUT2D eigenvalue weighted by Gasteiger charge is 2.27. The highest BCUT2D eigenvalue weighted by Crippen LogP contribution is 2.37. The van der Waals surface area contributed by atoms with E-state index in [1.165, 1.54) is 0 Å². The second-order valence-corrected chi connectivity index (χ2v) is 11.8. The molecule has 2 aromatic carbocycles. The fraction of sp³-hybridized carbons (Fsp3) is 0.297. The molecule has 0 aliphatic heterocycles. The molecule has 0 atom stereocenters. The number of H-pyrrole nitrogens is 1. The predicted octanol–water partition coefficient (Wildman–Crippen LogP) is 8.65. The molecule has 45 heavy (non-hydrogen) atoms. The summed E-state index contributed by atoms with van der Waals surface area (Å²) in [4.78, 5) is 41.4. The Morgan fingerprint density at radius 2 is 1.64 bits per heavy atom. The minimum Gasteiger partial charge on any atom is -0.489 e. The molecule has 0 saturated heterocycles. The van der Waals surface area contributed by atoms with Gasteiger partial charge in [-0.1, -0.05) is 71.4 Å². The van der Waals surface area contributed by atoms with E-state index in [4.69, 9.17) is 4.74 Å². The molecule has 2 amide bonds. The van der Waals surface area contributed by atoms with Crippen molar-refractivity contribution < 1.29 is 9.53 Å². The molecule has 0 saturated carbocycles. The van der Waals surface area contributed by atoms with Crippen LogP contribution in [0.4, 0.5) is 16.2 Å². The van der Waals surface area contributed by atoms with Crippen LogP contribution in [0.3, 0.4) is 0 Å². The van der Waals surface area contributed by atoms with Gasteiger partial charge in [0.25, 0.3) is 5.56 Å². The summed E-state index contributed by atoms with van der Waals surface area (Å²) in [6, 6.07) is 21.0. The van der Waals surface area contributed by atoms with Crippen molar-refractivity contribution in [2.45, 2.75) is 65.9 Å². The first-order chi connectivity index (χ1) is 21.8. The average molecular weight is 604 g/mol. The van der Waals surface area contributed by atoms with Crippen LogP contribution in [-0.4, -0.2) is 27.5 Å². The summed E-state index contributed by atoms with van der Waals surface area (Å²) in [5.41, 5.74) is 5.64. The van der Waals surface area contributed by atoms with Gasteiger partial charge in [-0.3, -0.25) is 14.7 Å². The number of urea groups is 1. The van der Waals surface area contributed by atoms with E-state index in [0.29, 0.717) is 30.1 Å². The van der Waals surface area contributed by atoms with Gasteiger partial charge in [-0.15, -0.1) is 0 Å². The minimum absolute atomic E-state index is 0.198. The molecule has 0 aliphatic carbocycles. The molecule has 3 heterocycles. The van der Waals surface area contributed by atoms with Crippen molar-refractivity contribution in [2.75, 3.05) is 16.8 Å². The number of rotatable bonds is 11. The fourth-order valence-electron chi connectivity index (χ4n) is 5.55. The number of aromatic amines is 1. The van der Waals surface area contributed by atoms with Crippen LogP contribution in [0, 0.1) is 0 Å². The summed E-state index contributed by atoms with van der Waals surface area (Å²) < 4.78 is 6.14. The van der Waals surface area contributed by atoms with E-state index in [1.54, 1.807) is 23.5 Å². The van der Waals surface area contributed by atoms with Gasteiger partial charge in [0.2, 0.25) is 0 Å². The minimum atomic E-state index is -0.383. The Kier molecular flexibility index (Phi) is 9.92. The van der Waals surface area contributed by atoms with Crippen LogP contribution in [0.25, 0.3) is 22.2 Å². The first-order valence-corrected chi connectivity index (χ1v) is 15.6. The Bertz CT molecular complexity index is 1810. The van der Waals surface area contributed by atoms with Gasteiger partial charge in [0, 0.05) is 41.8 Å². The molecule has 8 nitrogen and oxygen atoms in total. The van der Waals surface area contributed by atoms with E-state index in [-0.39, 0.29) is 29.1 Å². The largest absolute Gasteiger partial charge is 0.489 e. The molecule has 0 bridgehead atoms. The van der Waals surface area contributed by atoms with Crippen LogP contribution in [-0.2, 0) is 6.61 Å². The topological polar surface area (TPSA) is 100 Å². The zero-order chi connectivity index (χ0) is 31.9. The Balaban J connectivity index is 1.64. The number of hydrogen-bond acceptors (Lipinski definition) is 5. The van der Waals surface area contributed by atoms with E-state index in [9.17, 15) is 9.59 Å². The summed E-state index contributed by atoms with van der Waals surface area (Å²) >= 11 is 0. The zero-order valence-electron chi connectivity index (χ0n) is 26.6. The van der Waals surface area contributed by atoms with Crippen molar-refractivity contribution in [2.24, 2.45) is 0 Å². The quantitative estimate of drug-likeness (QED) is 0.157. The molecule has 0 aliphatic rings. The molecule has 0 spiro atoms. The van der Waals surface area contributed by atoms with Crippen LogP contribution >= 0.6 is 0 Å². The number of hydrogen-bond donors (Lipinski definition) is 2. The van der Waals surface area contributed by atoms with Gasteiger partial charge < -0.3 is 15.0 Å². The standard InChI is InChI=1S/C37H41N5O3/c1-6-7-21-42(37(44)40-33-29(24(2)3)13-9-14-30(33)25(4)5)34-32(31-15-10-18-39-35(31)41-36(34)43)27-11-8-12-28(22-27)45-23-26-16-19-38-20-17-26/h8-20,22,24-25H,6-7,21,23H2,1-5H3,(H,40,44)(H,39,41,43). The Morgan fingerprint density at radius 1 is 0.933 bits per heavy atom. The maximum atomic E-state index is 14.4. The number of ether oxygens (including phenoxy) is 1. The normalized spacial score (nSPS) is 11.3. The number of carbonyl (C=O) groups is 1. The van der Waals surface area contributed by atoms with Crippen LogP contribution in [0.2, 0.25) is 0 Å². The number of aromatic nitrogens is 3. The second-order valence-electron chi connectivity index (χ2n) is 11.8. The Labute approximate surface area is 264 Å². The lowest BCUT2D eigenvalue weighted by molar-refractivity contribution is 0.256. The molecule has 5 aromatic rings. The van der Waals surface area contributed by atoms with E-state index < -0.39 is 0 Å². The molecule has 0 unspecified atom stereocenters. The molecule has 0 radical (unpaired) electrons.